The van der Waals surface area contributed by atoms with E-state index in [1.165, 1.54) is 4.21 Å². The molecule has 0 fully saturated rings. The van der Waals surface area contributed by atoms with Gasteiger partial charge in [-0.3, -0.25) is 0 Å². The van der Waals surface area contributed by atoms with Crippen LogP contribution in [0.1, 0.15) is 0 Å². The third-order valence-electron chi connectivity index (χ3n) is 0.775. The van der Waals surface area contributed by atoms with E-state index in [2.05, 4.69) is 18.0 Å². The third-order valence-corrected chi connectivity index (χ3v) is 2.71. The Hall–Kier alpha value is -0.210. The van der Waals surface area contributed by atoms with Gasteiger partial charge in [0.2, 0.25) is 0 Å². The maximum atomic E-state index is 3.59. The van der Waals surface area contributed by atoms with Crippen LogP contribution in [0.3, 0.4) is 0 Å². The van der Waals surface area contributed by atoms with Gasteiger partial charge in [-0.15, -0.1) is 29.7 Å². The summed E-state index contributed by atoms with van der Waals surface area (Å²) in [7, 11) is 0. The number of hydrogen-bond acceptors (Lipinski definition) is 2. The molecule has 0 saturated carbocycles. The van der Waals surface area contributed by atoms with E-state index in [9.17, 15) is 0 Å². The number of hydrogen-bond donors (Lipinski definition) is 0. The van der Waals surface area contributed by atoms with E-state index in [4.69, 9.17) is 0 Å². The summed E-state index contributed by atoms with van der Waals surface area (Å²) in [6, 6.07) is 4.14. The summed E-state index contributed by atoms with van der Waals surface area (Å²) in [5, 5.41) is 2.07. The van der Waals surface area contributed by atoms with E-state index in [0.717, 1.165) is 0 Å². The molecule has 0 aliphatic heterocycles. The predicted molar refractivity (Wildman–Crippen MR) is 44.7 cm³/mol. The molecule has 47 valence electrons. The second-order valence-corrected chi connectivity index (χ2v) is 3.58. The molecule has 0 amide bonds. The highest BCUT2D eigenvalue weighted by atomic mass is 32.2. The average Bonchev–Trinajstić information content (AvgIpc) is 2.34. The van der Waals surface area contributed by atoms with Crippen LogP contribution >= 0.6 is 23.1 Å². The Labute approximate surface area is 63.6 Å². The van der Waals surface area contributed by atoms with Crippen molar-refractivity contribution < 1.29 is 0 Å². The van der Waals surface area contributed by atoms with Crippen molar-refractivity contribution in [2.45, 2.75) is 4.21 Å². The summed E-state index contributed by atoms with van der Waals surface area (Å²) in [5.74, 6) is 1.98. The van der Waals surface area contributed by atoms with Crippen molar-refractivity contribution in [2.24, 2.45) is 0 Å². The zero-order chi connectivity index (χ0) is 6.53. The van der Waals surface area contributed by atoms with Crippen molar-refractivity contribution in [1.82, 2.24) is 0 Å². The minimum Gasteiger partial charge on any atom is -0.137 e. The smallest absolute Gasteiger partial charge is 0.0604 e. The minimum absolute atomic E-state index is 1.31. The molecule has 0 spiro atoms. The fourth-order valence-electron chi connectivity index (χ4n) is 0.446. The highest BCUT2D eigenvalue weighted by Gasteiger charge is 1.89. The quantitative estimate of drug-likeness (QED) is 0.604. The fourth-order valence-corrected chi connectivity index (χ4v) is 1.84. The molecule has 1 aromatic heterocycles. The lowest BCUT2D eigenvalue weighted by molar-refractivity contribution is 1.74. The summed E-state index contributed by atoms with van der Waals surface area (Å²) in [6.45, 7) is 3.59. The fraction of sp³-hybridized carbons (Fsp3) is 0. The molecule has 2 heteroatoms. The molecule has 0 aromatic carbocycles. The Morgan fingerprint density at radius 1 is 1.67 bits per heavy atom. The lowest BCUT2D eigenvalue weighted by atomic mass is 10.7. The molecule has 0 aliphatic carbocycles. The molecular weight excluding hydrogens is 148 g/mol. The van der Waals surface area contributed by atoms with Crippen LogP contribution in [-0.4, -0.2) is 0 Å². The van der Waals surface area contributed by atoms with Crippen molar-refractivity contribution in [2.75, 3.05) is 0 Å². The van der Waals surface area contributed by atoms with Gasteiger partial charge in [0.1, 0.15) is 0 Å². The summed E-state index contributed by atoms with van der Waals surface area (Å²) in [4.78, 5) is 0. The molecule has 1 radical (unpaired) electrons. The summed E-state index contributed by atoms with van der Waals surface area (Å²) in [5.41, 5.74) is 0. The molecule has 0 N–H and O–H groups in total. The molecule has 1 heterocycles. The minimum atomic E-state index is 1.31. The Balaban J connectivity index is 2.38. The van der Waals surface area contributed by atoms with Gasteiger partial charge in [-0.05, 0) is 11.4 Å². The molecular formula is C7H7S2. The highest BCUT2D eigenvalue weighted by Crippen LogP contribution is 2.25. The van der Waals surface area contributed by atoms with Gasteiger partial charge in [-0.25, -0.2) is 0 Å². The molecule has 1 aromatic rings. The van der Waals surface area contributed by atoms with Gasteiger partial charge in [-0.1, -0.05) is 12.1 Å². The summed E-state index contributed by atoms with van der Waals surface area (Å²) in [6.07, 6.45) is 1.80. The van der Waals surface area contributed by atoms with Crippen molar-refractivity contribution in [3.8, 4) is 0 Å². The maximum Gasteiger partial charge on any atom is 0.0604 e. The largest absolute Gasteiger partial charge is 0.137 e. The zero-order valence-corrected chi connectivity index (χ0v) is 6.54. The van der Waals surface area contributed by atoms with Crippen molar-refractivity contribution in [3.63, 3.8) is 0 Å². The molecule has 1 rings (SSSR count). The van der Waals surface area contributed by atoms with Gasteiger partial charge in [0.25, 0.3) is 0 Å². The molecule has 0 bridgehead atoms. The lowest BCUT2D eigenvalue weighted by Gasteiger charge is -1.86. The second kappa shape index (κ2) is 3.75. The Morgan fingerprint density at radius 2 is 2.56 bits per heavy atom. The van der Waals surface area contributed by atoms with Crippen LogP contribution in [0.5, 0.6) is 0 Å². The van der Waals surface area contributed by atoms with Crippen molar-refractivity contribution in [1.29, 1.82) is 0 Å². The first-order valence-electron chi connectivity index (χ1n) is 2.58. The summed E-state index contributed by atoms with van der Waals surface area (Å²) < 4.78 is 1.31. The van der Waals surface area contributed by atoms with Gasteiger partial charge in [-0.2, -0.15) is 0 Å². The van der Waals surface area contributed by atoms with E-state index in [1.54, 1.807) is 29.2 Å². The van der Waals surface area contributed by atoms with E-state index >= 15 is 0 Å². The topological polar surface area (TPSA) is 0 Å². The predicted octanol–water partition coefficient (Wildman–Crippen LogP) is 3.19. The van der Waals surface area contributed by atoms with Crippen molar-refractivity contribution in [3.05, 3.63) is 35.9 Å². The monoisotopic (exact) mass is 155 g/mol. The summed E-state index contributed by atoms with van der Waals surface area (Å²) >= 11 is 3.45. The molecule has 9 heavy (non-hydrogen) atoms. The first-order chi connectivity index (χ1) is 4.43. The van der Waals surface area contributed by atoms with Gasteiger partial charge >= 0.3 is 0 Å². The first kappa shape index (κ1) is 6.90. The van der Waals surface area contributed by atoms with Crippen molar-refractivity contribution >= 4 is 23.1 Å². The van der Waals surface area contributed by atoms with Crippen LogP contribution in [0.15, 0.2) is 34.4 Å². The van der Waals surface area contributed by atoms with Crippen LogP contribution in [0.4, 0.5) is 0 Å². The number of thiophene rings is 1. The first-order valence-corrected chi connectivity index (χ1v) is 4.34. The van der Waals surface area contributed by atoms with Gasteiger partial charge < -0.3 is 0 Å². The molecule has 0 saturated heterocycles. The van der Waals surface area contributed by atoms with Crippen LogP contribution in [0.2, 0.25) is 0 Å². The number of rotatable bonds is 3. The van der Waals surface area contributed by atoms with Crippen LogP contribution in [0.25, 0.3) is 0 Å². The van der Waals surface area contributed by atoms with Crippen LogP contribution < -0.4 is 0 Å². The average molecular weight is 155 g/mol. The lowest BCUT2D eigenvalue weighted by Crippen LogP contribution is -1.54. The van der Waals surface area contributed by atoms with E-state index < -0.39 is 0 Å². The molecule has 0 unspecified atom stereocenters. The zero-order valence-electron chi connectivity index (χ0n) is 4.91. The molecule has 0 atom stereocenters. The highest BCUT2D eigenvalue weighted by molar-refractivity contribution is 8.03. The van der Waals surface area contributed by atoms with E-state index in [1.807, 2.05) is 11.8 Å². The SMILES string of the molecule is C=C[CH]Sc1cccs1. The Kier molecular flexibility index (Phi) is 2.87. The third kappa shape index (κ3) is 2.24. The second-order valence-electron chi connectivity index (χ2n) is 1.42. The van der Waals surface area contributed by atoms with Gasteiger partial charge in [0, 0.05) is 5.75 Å². The van der Waals surface area contributed by atoms with Crippen LogP contribution in [-0.2, 0) is 0 Å². The standard InChI is InChI=1S/C7H7S2/c1-2-5-8-7-4-3-6-9-7/h2-6H,1H2. The Morgan fingerprint density at radius 3 is 3.11 bits per heavy atom. The Bertz CT molecular complexity index is 165. The maximum absolute atomic E-state index is 3.59. The van der Waals surface area contributed by atoms with E-state index in [-0.39, 0.29) is 0 Å². The van der Waals surface area contributed by atoms with Gasteiger partial charge in [0.05, 0.1) is 4.21 Å². The van der Waals surface area contributed by atoms with E-state index in [0.29, 0.717) is 0 Å². The van der Waals surface area contributed by atoms with Gasteiger partial charge in [0.15, 0.2) is 0 Å². The van der Waals surface area contributed by atoms with Crippen LogP contribution in [0, 0.1) is 5.75 Å². The number of thioether (sulfide) groups is 1. The molecule has 0 aliphatic rings. The normalized spacial score (nSPS) is 9.33. The molecule has 0 nitrogen and oxygen atoms in total.